The molecule has 0 aromatic rings. The third kappa shape index (κ3) is 6.74. The van der Waals surface area contributed by atoms with Gasteiger partial charge in [-0.25, -0.2) is 0 Å². The van der Waals surface area contributed by atoms with E-state index in [1.165, 1.54) is 19.3 Å². The fraction of sp³-hybridized carbons (Fsp3) is 0.692. The summed E-state index contributed by atoms with van der Waals surface area (Å²) in [5.41, 5.74) is 0. The fourth-order valence-electron chi connectivity index (χ4n) is 1.08. The molecule has 1 heteroatoms. The predicted molar refractivity (Wildman–Crippen MR) is 61.9 cm³/mol. The molecule has 0 fully saturated rings. The van der Waals surface area contributed by atoms with Crippen molar-refractivity contribution in [1.29, 1.82) is 0 Å². The highest BCUT2D eigenvalue weighted by molar-refractivity contribution is 5.08. The van der Waals surface area contributed by atoms with Crippen molar-refractivity contribution in [1.82, 2.24) is 0 Å². The monoisotopic (exact) mass is 194 g/mol. The van der Waals surface area contributed by atoms with Crippen LogP contribution >= 0.6 is 0 Å². The predicted octanol–water partition coefficient (Wildman–Crippen LogP) is 3.14. The first kappa shape index (κ1) is 13.3. The number of unbranched alkanes of at least 4 members (excludes halogenated alkanes) is 4. The molecule has 2 atom stereocenters. The van der Waals surface area contributed by atoms with Gasteiger partial charge in [0.05, 0.1) is 0 Å². The summed E-state index contributed by atoms with van der Waals surface area (Å²) in [6.07, 6.45) is 7.03. The minimum atomic E-state index is -0.543. The summed E-state index contributed by atoms with van der Waals surface area (Å²) in [6, 6.07) is 0. The van der Waals surface area contributed by atoms with Crippen LogP contribution in [0.5, 0.6) is 0 Å². The second-order valence-electron chi connectivity index (χ2n) is 3.67. The lowest BCUT2D eigenvalue weighted by molar-refractivity contribution is 0.195. The zero-order valence-corrected chi connectivity index (χ0v) is 9.42. The lowest BCUT2D eigenvalue weighted by Crippen LogP contribution is -2.12. The van der Waals surface area contributed by atoms with E-state index >= 15 is 0 Å². The van der Waals surface area contributed by atoms with Crippen molar-refractivity contribution in [3.05, 3.63) is 12.7 Å². The van der Waals surface area contributed by atoms with Gasteiger partial charge >= 0.3 is 0 Å². The van der Waals surface area contributed by atoms with E-state index in [1.54, 1.807) is 6.08 Å². The molecule has 0 bridgehead atoms. The number of hydrogen-bond acceptors (Lipinski definition) is 1. The third-order valence-corrected chi connectivity index (χ3v) is 2.28. The maximum atomic E-state index is 9.48. The van der Waals surface area contributed by atoms with E-state index in [0.717, 1.165) is 12.8 Å². The van der Waals surface area contributed by atoms with Gasteiger partial charge in [-0.05, 0) is 6.42 Å². The summed E-state index contributed by atoms with van der Waals surface area (Å²) in [4.78, 5) is 0. The smallest absolute Gasteiger partial charge is 0.120 e. The summed E-state index contributed by atoms with van der Waals surface area (Å²) in [5.74, 6) is 5.92. The average molecular weight is 194 g/mol. The van der Waals surface area contributed by atoms with Crippen LogP contribution in [-0.4, -0.2) is 11.2 Å². The zero-order chi connectivity index (χ0) is 10.8. The van der Waals surface area contributed by atoms with Gasteiger partial charge in [-0.3, -0.25) is 0 Å². The molecule has 1 nitrogen and oxygen atoms in total. The first-order valence-corrected chi connectivity index (χ1v) is 5.51. The van der Waals surface area contributed by atoms with Gasteiger partial charge in [-0.15, -0.1) is 12.5 Å². The second-order valence-corrected chi connectivity index (χ2v) is 3.67. The van der Waals surface area contributed by atoms with E-state index in [0.29, 0.717) is 0 Å². The van der Waals surface area contributed by atoms with Gasteiger partial charge in [0.2, 0.25) is 0 Å². The largest absolute Gasteiger partial charge is 0.380 e. The van der Waals surface area contributed by atoms with Crippen LogP contribution in [0.15, 0.2) is 12.7 Å². The maximum Gasteiger partial charge on any atom is 0.120 e. The molecule has 0 spiro atoms. The van der Waals surface area contributed by atoms with E-state index < -0.39 is 6.10 Å². The molecule has 0 radical (unpaired) electrons. The molecule has 0 rings (SSSR count). The molecule has 0 aliphatic carbocycles. The van der Waals surface area contributed by atoms with Crippen LogP contribution in [0.3, 0.4) is 0 Å². The molecule has 0 aromatic carbocycles. The minimum absolute atomic E-state index is 0.0677. The molecule has 0 aromatic heterocycles. The highest BCUT2D eigenvalue weighted by atomic mass is 16.3. The van der Waals surface area contributed by atoms with Gasteiger partial charge in [0, 0.05) is 12.3 Å². The standard InChI is InChI=1S/C13H22O/c1-4-6-7-8-9-10-11-13(14)12(3)5-2/h5,12-14H,2,4,6-9H2,1,3H3/t12-,13-/m0/s1. The van der Waals surface area contributed by atoms with Crippen LogP contribution in [0.4, 0.5) is 0 Å². The summed E-state index contributed by atoms with van der Waals surface area (Å²) in [6.45, 7) is 7.74. The Morgan fingerprint density at radius 3 is 2.64 bits per heavy atom. The molecule has 0 heterocycles. The number of rotatable bonds is 6. The topological polar surface area (TPSA) is 20.2 Å². The number of hydrogen-bond donors (Lipinski definition) is 1. The lowest BCUT2D eigenvalue weighted by atomic mass is 10.1. The summed E-state index contributed by atoms with van der Waals surface area (Å²) >= 11 is 0. The van der Waals surface area contributed by atoms with Gasteiger partial charge in [-0.1, -0.05) is 45.1 Å². The van der Waals surface area contributed by atoms with E-state index in [2.05, 4.69) is 25.3 Å². The molecule has 1 N–H and O–H groups in total. The Labute approximate surface area is 88.2 Å². The number of aliphatic hydroxyl groups is 1. The highest BCUT2D eigenvalue weighted by Crippen LogP contribution is 2.03. The minimum Gasteiger partial charge on any atom is -0.380 e. The maximum absolute atomic E-state index is 9.48. The molecule has 0 saturated heterocycles. The Morgan fingerprint density at radius 1 is 1.36 bits per heavy atom. The normalized spacial score (nSPS) is 13.9. The van der Waals surface area contributed by atoms with Crippen LogP contribution in [0.25, 0.3) is 0 Å². The summed E-state index contributed by atoms with van der Waals surface area (Å²) < 4.78 is 0. The van der Waals surface area contributed by atoms with Crippen molar-refractivity contribution in [2.45, 2.75) is 52.1 Å². The van der Waals surface area contributed by atoms with Gasteiger partial charge in [0.15, 0.2) is 0 Å². The SMILES string of the molecule is C=C[C@H](C)[C@@H](O)C#CCCCCCC. The third-order valence-electron chi connectivity index (χ3n) is 2.28. The molecular formula is C13H22O. The molecule has 0 aliphatic rings. The molecule has 0 saturated carbocycles. The Bertz CT molecular complexity index is 197. The van der Waals surface area contributed by atoms with E-state index in [-0.39, 0.29) is 5.92 Å². The highest BCUT2D eigenvalue weighted by Gasteiger charge is 2.05. The Hall–Kier alpha value is -0.740. The van der Waals surface area contributed by atoms with Crippen LogP contribution in [0.1, 0.15) is 46.0 Å². The van der Waals surface area contributed by atoms with Crippen molar-refractivity contribution in [2.75, 3.05) is 0 Å². The Morgan fingerprint density at radius 2 is 2.07 bits per heavy atom. The van der Waals surface area contributed by atoms with Crippen LogP contribution < -0.4 is 0 Å². The van der Waals surface area contributed by atoms with Crippen molar-refractivity contribution >= 4 is 0 Å². The summed E-state index contributed by atoms with van der Waals surface area (Å²) in [5, 5.41) is 9.48. The van der Waals surface area contributed by atoms with Crippen LogP contribution in [-0.2, 0) is 0 Å². The Kier molecular flexibility index (Phi) is 8.37. The zero-order valence-electron chi connectivity index (χ0n) is 9.42. The van der Waals surface area contributed by atoms with E-state index in [9.17, 15) is 5.11 Å². The van der Waals surface area contributed by atoms with E-state index in [4.69, 9.17) is 0 Å². The fourth-order valence-corrected chi connectivity index (χ4v) is 1.08. The van der Waals surface area contributed by atoms with Gasteiger partial charge < -0.3 is 5.11 Å². The molecule has 14 heavy (non-hydrogen) atoms. The number of aliphatic hydroxyl groups excluding tert-OH is 1. The van der Waals surface area contributed by atoms with Crippen molar-refractivity contribution in [3.63, 3.8) is 0 Å². The molecule has 80 valence electrons. The van der Waals surface area contributed by atoms with Crippen molar-refractivity contribution in [2.24, 2.45) is 5.92 Å². The van der Waals surface area contributed by atoms with Crippen LogP contribution in [0.2, 0.25) is 0 Å². The first-order chi connectivity index (χ1) is 6.72. The van der Waals surface area contributed by atoms with Crippen LogP contribution in [0, 0.1) is 17.8 Å². The average Bonchev–Trinajstić information content (AvgIpc) is 2.21. The second kappa shape index (κ2) is 8.84. The summed E-state index contributed by atoms with van der Waals surface area (Å²) in [7, 11) is 0. The Balaban J connectivity index is 3.55. The quantitative estimate of drug-likeness (QED) is 0.391. The lowest BCUT2D eigenvalue weighted by Gasteiger charge is -2.06. The molecule has 0 unspecified atom stereocenters. The molecule has 0 amide bonds. The van der Waals surface area contributed by atoms with Gasteiger partial charge in [0.25, 0.3) is 0 Å². The van der Waals surface area contributed by atoms with Crippen molar-refractivity contribution in [3.8, 4) is 11.8 Å². The van der Waals surface area contributed by atoms with Crippen molar-refractivity contribution < 1.29 is 5.11 Å². The first-order valence-electron chi connectivity index (χ1n) is 5.51. The molecular weight excluding hydrogens is 172 g/mol. The van der Waals surface area contributed by atoms with Gasteiger partial charge in [-0.2, -0.15) is 0 Å². The molecule has 0 aliphatic heterocycles. The van der Waals surface area contributed by atoms with Gasteiger partial charge in [0.1, 0.15) is 6.10 Å². The van der Waals surface area contributed by atoms with E-state index in [1.807, 2.05) is 6.92 Å².